The minimum Gasteiger partial charge on any atom is -0.381 e. The van der Waals surface area contributed by atoms with Gasteiger partial charge in [-0.2, -0.15) is 8.42 Å². The highest BCUT2D eigenvalue weighted by Crippen LogP contribution is 2.25. The lowest BCUT2D eigenvalue weighted by Crippen LogP contribution is -2.17. The third kappa shape index (κ3) is 2.45. The quantitative estimate of drug-likeness (QED) is 0.735. The number of pyridine rings is 2. The van der Waals surface area contributed by atoms with Gasteiger partial charge in [0.25, 0.3) is 10.0 Å². The molecule has 3 rings (SSSR count). The minimum absolute atomic E-state index is 0.0687. The number of sulfonamides is 1. The summed E-state index contributed by atoms with van der Waals surface area (Å²) in [5.74, 6) is 0.114. The number of nitrogen functional groups attached to an aromatic ring is 1. The van der Waals surface area contributed by atoms with Gasteiger partial charge >= 0.3 is 0 Å². The van der Waals surface area contributed by atoms with E-state index in [0.29, 0.717) is 10.1 Å². The van der Waals surface area contributed by atoms with Crippen LogP contribution in [0.3, 0.4) is 0 Å². The fraction of sp³-hybridized carbons (Fsp3) is 0. The highest BCUT2D eigenvalue weighted by atomic mass is 79.9. The van der Waals surface area contributed by atoms with E-state index in [-0.39, 0.29) is 16.7 Å². The van der Waals surface area contributed by atoms with E-state index in [4.69, 9.17) is 5.73 Å². The van der Waals surface area contributed by atoms with Crippen molar-refractivity contribution < 1.29 is 8.42 Å². The van der Waals surface area contributed by atoms with Crippen LogP contribution in [-0.4, -0.2) is 22.8 Å². The molecule has 3 heterocycles. The third-order valence-corrected chi connectivity index (χ3v) is 4.77. The Balaban J connectivity index is 2.13. The number of fused-ring (bicyclic) bond motifs is 1. The maximum Gasteiger partial charge on any atom is 0.282 e. The Labute approximate surface area is 129 Å². The van der Waals surface area contributed by atoms with Crippen LogP contribution in [0, 0.1) is 0 Å². The summed E-state index contributed by atoms with van der Waals surface area (Å²) in [4.78, 5) is 8.01. The Hall–Kier alpha value is -2.13. The van der Waals surface area contributed by atoms with E-state index in [2.05, 4.69) is 30.6 Å². The van der Waals surface area contributed by atoms with Crippen molar-refractivity contribution in [3.8, 4) is 0 Å². The molecule has 0 aliphatic heterocycles. The molecule has 0 aromatic carbocycles. The first-order valence-corrected chi connectivity index (χ1v) is 8.12. The molecule has 7 nitrogen and oxygen atoms in total. The lowest BCUT2D eigenvalue weighted by atomic mass is 10.5. The lowest BCUT2D eigenvalue weighted by molar-refractivity contribution is 0.597. The van der Waals surface area contributed by atoms with Gasteiger partial charge in [0.2, 0.25) is 5.03 Å². The second-order valence-electron chi connectivity index (χ2n) is 4.17. The summed E-state index contributed by atoms with van der Waals surface area (Å²) in [6.45, 7) is 0. The SMILES string of the molecule is Nc1nc2ccccn2c1S(=O)(=O)Nc1ncccc1Br. The molecular weight excluding hydrogens is 358 g/mol. The molecule has 0 aliphatic carbocycles. The molecular formula is C12H10BrN5O2S. The van der Waals surface area contributed by atoms with Gasteiger partial charge < -0.3 is 5.73 Å². The molecule has 0 atom stereocenters. The fourth-order valence-corrected chi connectivity index (χ4v) is 3.63. The number of hydrogen-bond acceptors (Lipinski definition) is 5. The number of nitrogens with two attached hydrogens (primary N) is 1. The molecule has 108 valence electrons. The van der Waals surface area contributed by atoms with E-state index < -0.39 is 10.0 Å². The Morgan fingerprint density at radius 2 is 2.05 bits per heavy atom. The molecule has 0 unspecified atom stereocenters. The van der Waals surface area contributed by atoms with Gasteiger partial charge in [0.1, 0.15) is 5.65 Å². The Kier molecular flexibility index (Phi) is 3.30. The number of rotatable bonds is 3. The van der Waals surface area contributed by atoms with Crippen LogP contribution in [0.5, 0.6) is 0 Å². The summed E-state index contributed by atoms with van der Waals surface area (Å²) in [6, 6.07) is 8.49. The molecule has 3 aromatic rings. The third-order valence-electron chi connectivity index (χ3n) is 2.76. The van der Waals surface area contributed by atoms with E-state index in [9.17, 15) is 8.42 Å². The monoisotopic (exact) mass is 367 g/mol. The van der Waals surface area contributed by atoms with Crippen molar-refractivity contribution in [2.75, 3.05) is 10.5 Å². The van der Waals surface area contributed by atoms with Crippen LogP contribution in [-0.2, 0) is 10.0 Å². The van der Waals surface area contributed by atoms with Crippen molar-refractivity contribution >= 4 is 43.2 Å². The van der Waals surface area contributed by atoms with E-state index in [1.165, 1.54) is 10.6 Å². The fourth-order valence-electron chi connectivity index (χ4n) is 1.90. The predicted molar refractivity (Wildman–Crippen MR) is 82.3 cm³/mol. The van der Waals surface area contributed by atoms with Crippen molar-refractivity contribution in [3.05, 3.63) is 47.2 Å². The normalized spacial score (nSPS) is 11.7. The Bertz CT molecular complexity index is 922. The first-order valence-electron chi connectivity index (χ1n) is 5.85. The average Bonchev–Trinajstić information content (AvgIpc) is 2.77. The lowest BCUT2D eigenvalue weighted by Gasteiger charge is -2.08. The number of halogens is 1. The molecule has 0 saturated heterocycles. The van der Waals surface area contributed by atoms with Crippen LogP contribution in [0.25, 0.3) is 5.65 Å². The number of anilines is 2. The summed E-state index contributed by atoms with van der Waals surface area (Å²) in [7, 11) is -3.92. The zero-order valence-electron chi connectivity index (χ0n) is 10.6. The van der Waals surface area contributed by atoms with Crippen LogP contribution in [0.2, 0.25) is 0 Å². The van der Waals surface area contributed by atoms with Gasteiger partial charge in [-0.05, 0) is 40.2 Å². The van der Waals surface area contributed by atoms with Crippen molar-refractivity contribution in [1.82, 2.24) is 14.4 Å². The molecule has 21 heavy (non-hydrogen) atoms. The van der Waals surface area contributed by atoms with Crippen LogP contribution in [0.4, 0.5) is 11.6 Å². The van der Waals surface area contributed by atoms with E-state index >= 15 is 0 Å². The summed E-state index contributed by atoms with van der Waals surface area (Å²) in [5.41, 5.74) is 6.20. The van der Waals surface area contributed by atoms with E-state index in [1.54, 1.807) is 36.5 Å². The van der Waals surface area contributed by atoms with Crippen LogP contribution in [0.15, 0.2) is 52.2 Å². The molecule has 0 radical (unpaired) electrons. The van der Waals surface area contributed by atoms with Crippen LogP contribution >= 0.6 is 15.9 Å². The first-order chi connectivity index (χ1) is 9.99. The van der Waals surface area contributed by atoms with Gasteiger partial charge in [-0.25, -0.2) is 9.97 Å². The largest absolute Gasteiger partial charge is 0.381 e. The zero-order valence-corrected chi connectivity index (χ0v) is 13.0. The number of imidazole rings is 1. The molecule has 0 bridgehead atoms. The molecule has 0 aliphatic rings. The summed E-state index contributed by atoms with van der Waals surface area (Å²) in [6.07, 6.45) is 3.07. The average molecular weight is 368 g/mol. The first kappa shape index (κ1) is 13.8. The minimum atomic E-state index is -3.92. The molecule has 3 N–H and O–H groups in total. The van der Waals surface area contributed by atoms with Gasteiger partial charge in [-0.3, -0.25) is 9.12 Å². The Morgan fingerprint density at radius 1 is 1.24 bits per heavy atom. The maximum atomic E-state index is 12.5. The topological polar surface area (TPSA) is 102 Å². The smallest absolute Gasteiger partial charge is 0.282 e. The standard InChI is InChI=1S/C12H10BrN5O2S/c13-8-4-3-6-15-11(8)17-21(19,20)12-10(14)16-9-5-1-2-7-18(9)12/h1-7H,14H2,(H,15,17). The van der Waals surface area contributed by atoms with Gasteiger partial charge in [-0.15, -0.1) is 0 Å². The van der Waals surface area contributed by atoms with Gasteiger partial charge in [-0.1, -0.05) is 6.07 Å². The van der Waals surface area contributed by atoms with Crippen LogP contribution < -0.4 is 10.5 Å². The molecule has 0 saturated carbocycles. The second-order valence-corrected chi connectivity index (χ2v) is 6.62. The van der Waals surface area contributed by atoms with Crippen molar-refractivity contribution in [3.63, 3.8) is 0 Å². The number of aromatic nitrogens is 3. The zero-order chi connectivity index (χ0) is 15.0. The molecule has 3 aromatic heterocycles. The summed E-state index contributed by atoms with van der Waals surface area (Å²) in [5, 5.41) is -0.115. The number of nitrogens with one attached hydrogen (secondary N) is 1. The number of hydrogen-bond donors (Lipinski definition) is 2. The molecule has 9 heteroatoms. The van der Waals surface area contributed by atoms with Crippen LogP contribution in [0.1, 0.15) is 0 Å². The molecule has 0 fully saturated rings. The van der Waals surface area contributed by atoms with E-state index in [1.807, 2.05) is 0 Å². The second kappa shape index (κ2) is 5.01. The van der Waals surface area contributed by atoms with Gasteiger partial charge in [0.15, 0.2) is 11.6 Å². The van der Waals surface area contributed by atoms with Gasteiger partial charge in [0, 0.05) is 12.4 Å². The Morgan fingerprint density at radius 3 is 2.81 bits per heavy atom. The maximum absolute atomic E-state index is 12.5. The summed E-state index contributed by atoms with van der Waals surface area (Å²) < 4.78 is 29.4. The highest BCUT2D eigenvalue weighted by molar-refractivity contribution is 9.10. The van der Waals surface area contributed by atoms with Crippen molar-refractivity contribution in [2.45, 2.75) is 5.03 Å². The highest BCUT2D eigenvalue weighted by Gasteiger charge is 2.24. The van der Waals surface area contributed by atoms with Crippen molar-refractivity contribution in [2.24, 2.45) is 0 Å². The van der Waals surface area contributed by atoms with Gasteiger partial charge in [0.05, 0.1) is 4.47 Å². The summed E-state index contributed by atoms with van der Waals surface area (Å²) >= 11 is 3.24. The molecule has 0 amide bonds. The predicted octanol–water partition coefficient (Wildman–Crippen LogP) is 1.87. The van der Waals surface area contributed by atoms with E-state index in [0.717, 1.165) is 0 Å². The number of nitrogens with zero attached hydrogens (tertiary/aromatic N) is 3. The van der Waals surface area contributed by atoms with Crippen molar-refractivity contribution in [1.29, 1.82) is 0 Å². The molecule has 0 spiro atoms.